The molecule has 4 rings (SSSR count). The molecule has 1 amide bonds. The topological polar surface area (TPSA) is 81.2 Å². The van der Waals surface area contributed by atoms with Crippen molar-refractivity contribution in [1.29, 1.82) is 0 Å². The van der Waals surface area contributed by atoms with Gasteiger partial charge in [0.15, 0.2) is 5.82 Å². The molecule has 0 bridgehead atoms. The normalized spacial score (nSPS) is 10.9. The number of aryl methyl sites for hydroxylation is 1. The number of nitrogens with one attached hydrogen (secondary N) is 2. The maximum absolute atomic E-state index is 12.7. The van der Waals surface area contributed by atoms with Crippen LogP contribution in [0.2, 0.25) is 0 Å². The molecule has 2 aromatic heterocycles. The maximum Gasteiger partial charge on any atom is 0.260 e. The minimum Gasteiger partial charge on any atom is -0.497 e. The smallest absolute Gasteiger partial charge is 0.260 e. The maximum atomic E-state index is 12.7. The van der Waals surface area contributed by atoms with Gasteiger partial charge in [-0.1, -0.05) is 12.1 Å². The van der Waals surface area contributed by atoms with Crippen LogP contribution < -0.4 is 14.8 Å². The van der Waals surface area contributed by atoms with Gasteiger partial charge in [-0.25, -0.2) is 0 Å². The van der Waals surface area contributed by atoms with Crippen LogP contribution in [-0.4, -0.2) is 34.4 Å². The van der Waals surface area contributed by atoms with Crippen LogP contribution in [0.25, 0.3) is 22.3 Å². The Balaban J connectivity index is 1.63. The Kier molecular flexibility index (Phi) is 5.43. The zero-order chi connectivity index (χ0) is 21.1. The van der Waals surface area contributed by atoms with Gasteiger partial charge in [0.25, 0.3) is 5.91 Å². The molecule has 0 saturated carbocycles. The van der Waals surface area contributed by atoms with E-state index in [0.29, 0.717) is 23.7 Å². The molecule has 7 nitrogen and oxygen atoms in total. The highest BCUT2D eigenvalue weighted by Gasteiger charge is 2.16. The number of H-pyrrole nitrogens is 1. The summed E-state index contributed by atoms with van der Waals surface area (Å²) < 4.78 is 13.1. The summed E-state index contributed by atoms with van der Waals surface area (Å²) in [5.74, 6) is 1.55. The second kappa shape index (κ2) is 8.32. The average Bonchev–Trinajstić information content (AvgIpc) is 3.37. The van der Waals surface area contributed by atoms with Crippen molar-refractivity contribution < 1.29 is 14.3 Å². The lowest BCUT2D eigenvalue weighted by Crippen LogP contribution is -2.13. The molecule has 0 saturated heterocycles. The van der Waals surface area contributed by atoms with Gasteiger partial charge in [0.2, 0.25) is 0 Å². The van der Waals surface area contributed by atoms with Crippen LogP contribution in [0.3, 0.4) is 0 Å². The van der Waals surface area contributed by atoms with Crippen molar-refractivity contribution in [2.45, 2.75) is 20.4 Å². The van der Waals surface area contributed by atoms with Gasteiger partial charge in [-0.3, -0.25) is 9.89 Å². The van der Waals surface area contributed by atoms with Gasteiger partial charge < -0.3 is 19.4 Å². The van der Waals surface area contributed by atoms with E-state index in [1.54, 1.807) is 25.3 Å². The lowest BCUT2D eigenvalue weighted by atomic mass is 10.2. The molecular formula is C23H24N4O3. The Morgan fingerprint density at radius 2 is 1.97 bits per heavy atom. The zero-order valence-corrected chi connectivity index (χ0v) is 17.2. The lowest BCUT2D eigenvalue weighted by Gasteiger charge is -2.09. The van der Waals surface area contributed by atoms with Gasteiger partial charge in [0, 0.05) is 24.1 Å². The van der Waals surface area contributed by atoms with Crippen molar-refractivity contribution >= 4 is 22.6 Å². The molecule has 0 fully saturated rings. The molecule has 0 aliphatic carbocycles. The van der Waals surface area contributed by atoms with Crippen LogP contribution in [0.5, 0.6) is 11.5 Å². The number of methoxy groups -OCH3 is 1. The largest absolute Gasteiger partial charge is 0.497 e. The summed E-state index contributed by atoms with van der Waals surface area (Å²) in [5.41, 5.74) is 3.36. The van der Waals surface area contributed by atoms with Crippen LogP contribution in [0, 0.1) is 0 Å². The summed E-state index contributed by atoms with van der Waals surface area (Å²) in [6.45, 7) is 5.25. The number of hydrogen-bond donors (Lipinski definition) is 2. The van der Waals surface area contributed by atoms with E-state index in [1.807, 2.05) is 37.3 Å². The highest BCUT2D eigenvalue weighted by Crippen LogP contribution is 2.31. The SMILES string of the molecule is CCOc1ccccc1C(=O)Nc1cc(-c2cc3ccc(OC)cc3n2CC)[nH]n1. The number of rotatable bonds is 7. The van der Waals surface area contributed by atoms with Crippen LogP contribution in [0.4, 0.5) is 5.82 Å². The van der Waals surface area contributed by atoms with Crippen molar-refractivity contribution in [2.24, 2.45) is 0 Å². The van der Waals surface area contributed by atoms with Crippen LogP contribution >= 0.6 is 0 Å². The minimum atomic E-state index is -0.266. The summed E-state index contributed by atoms with van der Waals surface area (Å²) >= 11 is 0. The highest BCUT2D eigenvalue weighted by molar-refractivity contribution is 6.06. The molecule has 0 atom stereocenters. The van der Waals surface area contributed by atoms with E-state index < -0.39 is 0 Å². The zero-order valence-electron chi connectivity index (χ0n) is 17.2. The number of fused-ring (bicyclic) bond motifs is 1. The van der Waals surface area contributed by atoms with Crippen molar-refractivity contribution in [3.8, 4) is 22.9 Å². The number of carbonyl (C=O) groups is 1. The van der Waals surface area contributed by atoms with Crippen molar-refractivity contribution in [1.82, 2.24) is 14.8 Å². The summed E-state index contributed by atoms with van der Waals surface area (Å²) in [7, 11) is 1.66. The number of benzene rings is 2. The number of nitrogens with zero attached hydrogens (tertiary/aromatic N) is 2. The van der Waals surface area contributed by atoms with Crippen molar-refractivity contribution in [2.75, 3.05) is 19.0 Å². The third-order valence-electron chi connectivity index (χ3n) is 4.95. The molecule has 2 N–H and O–H groups in total. The fraction of sp³-hybridized carbons (Fsp3) is 0.217. The first-order chi connectivity index (χ1) is 14.6. The Bertz CT molecular complexity index is 1190. The van der Waals surface area contributed by atoms with Crippen LogP contribution in [0.15, 0.2) is 54.6 Å². The van der Waals surface area contributed by atoms with Gasteiger partial charge in [0.05, 0.1) is 36.2 Å². The average molecular weight is 404 g/mol. The van der Waals surface area contributed by atoms with E-state index in [2.05, 4.69) is 33.1 Å². The molecule has 7 heteroatoms. The minimum absolute atomic E-state index is 0.266. The molecule has 2 heterocycles. The number of ether oxygens (including phenoxy) is 2. The third kappa shape index (κ3) is 3.61. The standard InChI is InChI=1S/C23H24N4O3/c1-4-27-19-13-16(29-3)11-10-15(19)12-20(27)18-14-22(26-25-18)24-23(28)17-8-6-7-9-21(17)30-5-2/h6-14H,4-5H2,1-3H3,(H2,24,25,26,28). The van der Waals surface area contributed by atoms with E-state index in [4.69, 9.17) is 9.47 Å². The van der Waals surface area contributed by atoms with Crippen molar-refractivity contribution in [3.63, 3.8) is 0 Å². The summed E-state index contributed by atoms with van der Waals surface area (Å²) in [6.07, 6.45) is 0. The third-order valence-corrected chi connectivity index (χ3v) is 4.95. The Hall–Kier alpha value is -3.74. The lowest BCUT2D eigenvalue weighted by molar-refractivity contribution is 0.102. The van der Waals surface area contributed by atoms with Crippen LogP contribution in [-0.2, 0) is 6.54 Å². The molecule has 0 radical (unpaired) electrons. The van der Waals surface area contributed by atoms with E-state index in [0.717, 1.165) is 34.6 Å². The fourth-order valence-corrected chi connectivity index (χ4v) is 3.56. The predicted molar refractivity (Wildman–Crippen MR) is 117 cm³/mol. The number of carbonyl (C=O) groups excluding carboxylic acids is 1. The molecule has 0 unspecified atom stereocenters. The summed E-state index contributed by atoms with van der Waals surface area (Å²) in [6, 6.07) is 17.1. The first kappa shape index (κ1) is 19.6. The highest BCUT2D eigenvalue weighted by atomic mass is 16.5. The number of para-hydroxylation sites is 1. The molecule has 0 spiro atoms. The summed E-state index contributed by atoms with van der Waals surface area (Å²) in [5, 5.41) is 11.3. The second-order valence-corrected chi connectivity index (χ2v) is 6.75. The van der Waals surface area contributed by atoms with Gasteiger partial charge >= 0.3 is 0 Å². The van der Waals surface area contributed by atoms with Gasteiger partial charge in [-0.2, -0.15) is 5.10 Å². The quantitative estimate of drug-likeness (QED) is 0.467. The van der Waals surface area contributed by atoms with Gasteiger partial charge in [0.1, 0.15) is 11.5 Å². The van der Waals surface area contributed by atoms with E-state index in [9.17, 15) is 4.79 Å². The first-order valence-electron chi connectivity index (χ1n) is 9.90. The monoisotopic (exact) mass is 404 g/mol. The molecule has 0 aliphatic rings. The Morgan fingerprint density at radius 3 is 2.73 bits per heavy atom. The van der Waals surface area contributed by atoms with Gasteiger partial charge in [-0.15, -0.1) is 0 Å². The molecule has 30 heavy (non-hydrogen) atoms. The Labute approximate surface area is 174 Å². The van der Waals surface area contributed by atoms with Gasteiger partial charge in [-0.05, 0) is 44.2 Å². The molecule has 0 aliphatic heterocycles. The van der Waals surface area contributed by atoms with E-state index in [-0.39, 0.29) is 5.91 Å². The molecule has 154 valence electrons. The van der Waals surface area contributed by atoms with Crippen molar-refractivity contribution in [3.05, 3.63) is 60.2 Å². The number of anilines is 1. The number of aromatic nitrogens is 3. The predicted octanol–water partition coefficient (Wildman–Crippen LogP) is 4.71. The second-order valence-electron chi connectivity index (χ2n) is 6.75. The molecular weight excluding hydrogens is 380 g/mol. The van der Waals surface area contributed by atoms with E-state index in [1.165, 1.54) is 0 Å². The number of amides is 1. The number of hydrogen-bond acceptors (Lipinski definition) is 4. The summed E-state index contributed by atoms with van der Waals surface area (Å²) in [4.78, 5) is 12.7. The van der Waals surface area contributed by atoms with Crippen LogP contribution in [0.1, 0.15) is 24.2 Å². The Morgan fingerprint density at radius 1 is 1.13 bits per heavy atom. The molecule has 2 aromatic carbocycles. The molecule has 4 aromatic rings. The first-order valence-corrected chi connectivity index (χ1v) is 9.90. The van der Waals surface area contributed by atoms with E-state index >= 15 is 0 Å². The number of aromatic amines is 1. The fourth-order valence-electron chi connectivity index (χ4n) is 3.56.